The number of rotatable bonds is 9. The van der Waals surface area contributed by atoms with Gasteiger partial charge in [-0.05, 0) is 78.4 Å². The molecule has 2 N–H and O–H groups in total. The molecule has 5 rings (SSSR count). The maximum Gasteiger partial charge on any atom is 0.255 e. The zero-order chi connectivity index (χ0) is 27.9. The van der Waals surface area contributed by atoms with Gasteiger partial charge in [-0.3, -0.25) is 9.59 Å². The van der Waals surface area contributed by atoms with E-state index in [2.05, 4.69) is 15.6 Å². The second-order valence-corrected chi connectivity index (χ2v) is 10.7. The van der Waals surface area contributed by atoms with Crippen molar-refractivity contribution in [3.05, 3.63) is 125 Å². The Hall–Kier alpha value is -4.47. The van der Waals surface area contributed by atoms with Crippen LogP contribution in [0.2, 0.25) is 0 Å². The molecule has 0 radical (unpaired) electrons. The molecule has 40 heavy (non-hydrogen) atoms. The van der Waals surface area contributed by atoms with E-state index in [0.29, 0.717) is 27.8 Å². The number of nitrogens with zero attached hydrogens (tertiary/aromatic N) is 1. The first kappa shape index (κ1) is 27.1. The fourth-order valence-electron chi connectivity index (χ4n) is 3.85. The van der Waals surface area contributed by atoms with Gasteiger partial charge in [-0.15, -0.1) is 23.1 Å². The van der Waals surface area contributed by atoms with Crippen LogP contribution in [0.1, 0.15) is 21.2 Å². The largest absolute Gasteiger partial charge is 0.497 e. The Morgan fingerprint density at radius 1 is 0.875 bits per heavy atom. The standard InChI is InChI=1S/C31H24FN3O3S2/c1-38-25-15-9-22(10-16-25)29(36)33-24-13-17-26(18-14-24)40-28(21-5-3-2-4-6-21)30(37)35-31-34-27(19-39-31)20-7-11-23(32)12-8-20/h2-19,28H,1H3,(H,33,36)(H,34,35,37). The van der Waals surface area contributed by atoms with Crippen LogP contribution < -0.4 is 15.4 Å². The number of carbonyl (C=O) groups is 2. The summed E-state index contributed by atoms with van der Waals surface area (Å²) in [5.41, 5.74) is 3.44. The van der Waals surface area contributed by atoms with Crippen molar-refractivity contribution in [3.8, 4) is 17.0 Å². The zero-order valence-corrected chi connectivity index (χ0v) is 23.0. The lowest BCUT2D eigenvalue weighted by molar-refractivity contribution is -0.115. The van der Waals surface area contributed by atoms with Gasteiger partial charge in [0, 0.05) is 27.1 Å². The number of thioether (sulfide) groups is 1. The van der Waals surface area contributed by atoms with E-state index in [1.165, 1.54) is 35.2 Å². The first-order valence-corrected chi connectivity index (χ1v) is 14.0. The van der Waals surface area contributed by atoms with Crippen LogP contribution in [0.3, 0.4) is 0 Å². The van der Waals surface area contributed by atoms with Gasteiger partial charge in [0.05, 0.1) is 12.8 Å². The predicted octanol–water partition coefficient (Wildman–Crippen LogP) is 7.68. The SMILES string of the molecule is COc1ccc(C(=O)Nc2ccc(SC(C(=O)Nc3nc(-c4ccc(F)cc4)cs3)c3ccccc3)cc2)cc1. The summed E-state index contributed by atoms with van der Waals surface area (Å²) in [6.45, 7) is 0. The number of hydrogen-bond acceptors (Lipinski definition) is 6. The van der Waals surface area contributed by atoms with Crippen LogP contribution in [0.15, 0.2) is 113 Å². The molecule has 1 unspecified atom stereocenters. The molecule has 0 aliphatic heterocycles. The van der Waals surface area contributed by atoms with Crippen LogP contribution in [-0.4, -0.2) is 23.9 Å². The Labute approximate surface area is 239 Å². The quantitative estimate of drug-likeness (QED) is 0.178. The number of carbonyl (C=O) groups excluding carboxylic acids is 2. The van der Waals surface area contributed by atoms with E-state index in [4.69, 9.17) is 4.74 Å². The molecule has 0 bridgehead atoms. The molecule has 0 aliphatic rings. The second-order valence-electron chi connectivity index (χ2n) is 8.65. The van der Waals surface area contributed by atoms with Gasteiger partial charge in [0.15, 0.2) is 5.13 Å². The minimum absolute atomic E-state index is 0.215. The smallest absolute Gasteiger partial charge is 0.255 e. The van der Waals surface area contributed by atoms with Crippen molar-refractivity contribution in [2.24, 2.45) is 0 Å². The number of benzene rings is 4. The van der Waals surface area contributed by atoms with Crippen molar-refractivity contribution in [3.63, 3.8) is 0 Å². The lowest BCUT2D eigenvalue weighted by Gasteiger charge is -2.16. The van der Waals surface area contributed by atoms with Gasteiger partial charge >= 0.3 is 0 Å². The third kappa shape index (κ3) is 6.74. The highest BCUT2D eigenvalue weighted by molar-refractivity contribution is 8.00. The number of amides is 2. The van der Waals surface area contributed by atoms with Gasteiger partial charge in [-0.25, -0.2) is 9.37 Å². The molecule has 4 aromatic carbocycles. The Kier molecular flexibility index (Phi) is 8.53. The molecule has 1 aromatic heterocycles. The van der Waals surface area contributed by atoms with E-state index in [-0.39, 0.29) is 17.6 Å². The molecule has 0 spiro atoms. The fourth-order valence-corrected chi connectivity index (χ4v) is 5.60. The van der Waals surface area contributed by atoms with E-state index in [1.807, 2.05) is 47.8 Å². The summed E-state index contributed by atoms with van der Waals surface area (Å²) in [6.07, 6.45) is 0. The highest BCUT2D eigenvalue weighted by atomic mass is 32.2. The monoisotopic (exact) mass is 569 g/mol. The second kappa shape index (κ2) is 12.6. The Balaban J connectivity index is 1.28. The maximum absolute atomic E-state index is 13.4. The van der Waals surface area contributed by atoms with Gasteiger partial charge < -0.3 is 15.4 Å². The van der Waals surface area contributed by atoms with Crippen molar-refractivity contribution in [1.29, 1.82) is 0 Å². The van der Waals surface area contributed by atoms with E-state index in [9.17, 15) is 14.0 Å². The van der Waals surface area contributed by atoms with Crippen LogP contribution >= 0.6 is 23.1 Å². The molecule has 0 aliphatic carbocycles. The zero-order valence-electron chi connectivity index (χ0n) is 21.3. The summed E-state index contributed by atoms with van der Waals surface area (Å²) in [5.74, 6) is -0.0814. The average Bonchev–Trinajstić information content (AvgIpc) is 3.46. The third-order valence-electron chi connectivity index (χ3n) is 5.93. The molecule has 9 heteroatoms. The van der Waals surface area contributed by atoms with Crippen LogP contribution in [0, 0.1) is 5.82 Å². The van der Waals surface area contributed by atoms with Crippen molar-refractivity contribution in [1.82, 2.24) is 4.98 Å². The first-order valence-electron chi connectivity index (χ1n) is 12.3. The van der Waals surface area contributed by atoms with Crippen LogP contribution in [0.25, 0.3) is 11.3 Å². The minimum atomic E-state index is -0.542. The van der Waals surface area contributed by atoms with Crippen molar-refractivity contribution in [2.75, 3.05) is 17.7 Å². The lowest BCUT2D eigenvalue weighted by atomic mass is 10.1. The maximum atomic E-state index is 13.4. The third-order valence-corrected chi connectivity index (χ3v) is 7.96. The van der Waals surface area contributed by atoms with Gasteiger partial charge in [-0.1, -0.05) is 30.3 Å². The van der Waals surface area contributed by atoms with E-state index in [1.54, 1.807) is 55.6 Å². The van der Waals surface area contributed by atoms with Gasteiger partial charge in [0.2, 0.25) is 5.91 Å². The van der Waals surface area contributed by atoms with E-state index < -0.39 is 5.25 Å². The van der Waals surface area contributed by atoms with Crippen LogP contribution in [-0.2, 0) is 4.79 Å². The fraction of sp³-hybridized carbons (Fsp3) is 0.0645. The molecule has 0 fully saturated rings. The molecule has 6 nitrogen and oxygen atoms in total. The number of methoxy groups -OCH3 is 1. The summed E-state index contributed by atoms with van der Waals surface area (Å²) < 4.78 is 18.4. The minimum Gasteiger partial charge on any atom is -0.497 e. The average molecular weight is 570 g/mol. The topological polar surface area (TPSA) is 80.3 Å². The Bertz CT molecular complexity index is 1590. The molecular weight excluding hydrogens is 545 g/mol. The van der Waals surface area contributed by atoms with Crippen molar-refractivity contribution >= 4 is 45.7 Å². The van der Waals surface area contributed by atoms with E-state index in [0.717, 1.165) is 16.0 Å². The highest BCUT2D eigenvalue weighted by Crippen LogP contribution is 2.37. The van der Waals surface area contributed by atoms with Gasteiger partial charge in [0.1, 0.15) is 16.8 Å². The number of thiazole rings is 1. The molecule has 0 saturated heterocycles. The number of anilines is 2. The molecule has 1 atom stereocenters. The molecule has 5 aromatic rings. The predicted molar refractivity (Wildman–Crippen MR) is 159 cm³/mol. The normalized spacial score (nSPS) is 11.4. The summed E-state index contributed by atoms with van der Waals surface area (Å²) in [5, 5.41) is 7.56. The van der Waals surface area contributed by atoms with Gasteiger partial charge in [-0.2, -0.15) is 0 Å². The summed E-state index contributed by atoms with van der Waals surface area (Å²) in [7, 11) is 1.58. The number of aromatic nitrogens is 1. The number of halogens is 1. The first-order chi connectivity index (χ1) is 19.5. The van der Waals surface area contributed by atoms with E-state index >= 15 is 0 Å². The lowest BCUT2D eigenvalue weighted by Crippen LogP contribution is -2.19. The molecule has 2 amide bonds. The molecular formula is C31H24FN3O3S2. The Morgan fingerprint density at radius 2 is 1.57 bits per heavy atom. The number of hydrogen-bond donors (Lipinski definition) is 2. The number of nitrogens with one attached hydrogen (secondary N) is 2. The van der Waals surface area contributed by atoms with Crippen molar-refractivity contribution in [2.45, 2.75) is 10.1 Å². The molecule has 1 heterocycles. The Morgan fingerprint density at radius 3 is 2.25 bits per heavy atom. The van der Waals surface area contributed by atoms with Crippen molar-refractivity contribution < 1.29 is 18.7 Å². The highest BCUT2D eigenvalue weighted by Gasteiger charge is 2.23. The summed E-state index contributed by atoms with van der Waals surface area (Å²) in [4.78, 5) is 31.4. The molecule has 200 valence electrons. The van der Waals surface area contributed by atoms with Crippen LogP contribution in [0.4, 0.5) is 15.2 Å². The summed E-state index contributed by atoms with van der Waals surface area (Å²) in [6, 6.07) is 29.8. The van der Waals surface area contributed by atoms with Gasteiger partial charge in [0.25, 0.3) is 5.91 Å². The number of ether oxygens (including phenoxy) is 1. The van der Waals surface area contributed by atoms with Crippen LogP contribution in [0.5, 0.6) is 5.75 Å². The summed E-state index contributed by atoms with van der Waals surface area (Å²) >= 11 is 2.71. The molecule has 0 saturated carbocycles.